The molecule has 28 heavy (non-hydrogen) atoms. The molecule has 1 heterocycles. The molecule has 6 nitrogen and oxygen atoms in total. The number of hydrogen-bond acceptors (Lipinski definition) is 6. The average molecular weight is 407 g/mol. The first-order valence-electron chi connectivity index (χ1n) is 8.30. The van der Waals surface area contributed by atoms with Crippen LogP contribution in [0.15, 0.2) is 60.7 Å². The molecule has 140 valence electrons. The van der Waals surface area contributed by atoms with E-state index in [1.165, 1.54) is 0 Å². The van der Waals surface area contributed by atoms with E-state index in [0.717, 1.165) is 10.9 Å². The Morgan fingerprint density at radius 2 is 1.29 bits per heavy atom. The number of benzene rings is 2. The molecular formula is C20H18NNaO5S. The van der Waals surface area contributed by atoms with Crippen LogP contribution in [0.2, 0.25) is 0 Å². The van der Waals surface area contributed by atoms with Crippen LogP contribution in [-0.4, -0.2) is 21.1 Å². The van der Waals surface area contributed by atoms with E-state index in [0.29, 0.717) is 16.8 Å². The zero-order chi connectivity index (χ0) is 20.0. The summed E-state index contributed by atoms with van der Waals surface area (Å²) in [5, 5.41) is 0.997. The van der Waals surface area contributed by atoms with Crippen molar-refractivity contribution in [1.29, 1.82) is 0 Å². The second kappa shape index (κ2) is 11.2. The smallest absolute Gasteiger partial charge is 0.439 e. The standard InChI is InChI=1S/C18H11NO2.C2H6.Na.HO3S/c20-17-12-6-2-3-7-13(12)18(21)16(17)15-10-9-11-5-1-4-8-14(11)19-15;1-2;;1-4(2)3/h1-10,16H;1-2H3;;(H,1,2,3)/q;;+1;-1. The number of para-hydroxylation sites is 1. The van der Waals surface area contributed by atoms with Crippen molar-refractivity contribution in [1.82, 2.24) is 4.98 Å². The average Bonchev–Trinajstić information content (AvgIpc) is 2.93. The van der Waals surface area contributed by atoms with Gasteiger partial charge < -0.3 is 13.0 Å². The minimum atomic E-state index is -2.86. The predicted octanol–water partition coefficient (Wildman–Crippen LogP) is 1.20. The monoisotopic (exact) mass is 407 g/mol. The van der Waals surface area contributed by atoms with Gasteiger partial charge >= 0.3 is 29.6 Å². The van der Waals surface area contributed by atoms with Crippen LogP contribution < -0.4 is 29.6 Å². The van der Waals surface area contributed by atoms with Gasteiger partial charge in [0, 0.05) is 27.5 Å². The first-order chi connectivity index (χ1) is 13.0. The summed E-state index contributed by atoms with van der Waals surface area (Å²) in [6.45, 7) is 4.00. The van der Waals surface area contributed by atoms with Gasteiger partial charge in [0.15, 0.2) is 11.6 Å². The molecule has 0 spiro atoms. The van der Waals surface area contributed by atoms with Crippen molar-refractivity contribution >= 4 is 33.5 Å². The Labute approximate surface area is 187 Å². The molecule has 1 aromatic heterocycles. The first kappa shape index (κ1) is 24.1. The van der Waals surface area contributed by atoms with E-state index < -0.39 is 16.9 Å². The molecule has 1 N–H and O–H groups in total. The molecule has 0 aliphatic heterocycles. The summed E-state index contributed by atoms with van der Waals surface area (Å²) in [5.74, 6) is -1.11. The zero-order valence-corrected chi connectivity index (χ0v) is 18.6. The number of fused-ring (bicyclic) bond motifs is 2. The van der Waals surface area contributed by atoms with Crippen LogP contribution in [0.4, 0.5) is 0 Å². The van der Waals surface area contributed by atoms with E-state index in [1.807, 2.05) is 44.2 Å². The number of carbonyl (C=O) groups is 2. The van der Waals surface area contributed by atoms with Gasteiger partial charge in [-0.1, -0.05) is 62.4 Å². The Hall–Kier alpha value is -1.90. The summed E-state index contributed by atoms with van der Waals surface area (Å²) in [4.78, 5) is 29.5. The van der Waals surface area contributed by atoms with Gasteiger partial charge in [0.1, 0.15) is 5.92 Å². The number of hydrogen-bond donors (Lipinski definition) is 1. The number of carbonyl (C=O) groups excluding carboxylic acids is 2. The normalized spacial score (nSPS) is 12.4. The molecule has 0 fully saturated rings. The second-order valence-corrected chi connectivity index (χ2v) is 5.79. The molecule has 8 heteroatoms. The molecule has 4 rings (SSSR count). The van der Waals surface area contributed by atoms with Crippen LogP contribution in [0.3, 0.4) is 0 Å². The maximum atomic E-state index is 12.5. The van der Waals surface area contributed by atoms with Crippen molar-refractivity contribution in [2.45, 2.75) is 19.8 Å². The number of ketones is 2. The van der Waals surface area contributed by atoms with Crippen LogP contribution in [0.5, 0.6) is 0 Å². The number of aromatic nitrogens is 1. The summed E-state index contributed by atoms with van der Waals surface area (Å²) < 4.78 is 24.1. The minimum Gasteiger partial charge on any atom is -0.439 e. The van der Waals surface area contributed by atoms with E-state index in [-0.39, 0.29) is 41.1 Å². The largest absolute Gasteiger partial charge is 1.00 e. The molecule has 0 saturated heterocycles. The molecule has 0 unspecified atom stereocenters. The van der Waals surface area contributed by atoms with Crippen molar-refractivity contribution in [3.63, 3.8) is 0 Å². The SMILES string of the molecule is CC.O=C1c2ccccc2C(=O)C1c1ccc2ccccc2n1.O=[S-](=O)O.[Na+]. The van der Waals surface area contributed by atoms with Gasteiger partial charge in [-0.25, -0.2) is 0 Å². The molecule has 3 aromatic rings. The van der Waals surface area contributed by atoms with E-state index in [2.05, 4.69) is 4.98 Å². The topological polar surface area (TPSA) is 101 Å². The van der Waals surface area contributed by atoms with Crippen LogP contribution in [0, 0.1) is 0 Å². The molecule has 2 aromatic carbocycles. The maximum absolute atomic E-state index is 12.5. The summed E-state index contributed by atoms with van der Waals surface area (Å²) >= 11 is 0. The Morgan fingerprint density at radius 3 is 1.82 bits per heavy atom. The van der Waals surface area contributed by atoms with Gasteiger partial charge in [0.2, 0.25) is 0 Å². The predicted molar refractivity (Wildman–Crippen MR) is 102 cm³/mol. The van der Waals surface area contributed by atoms with Gasteiger partial charge in [-0.2, -0.15) is 0 Å². The summed E-state index contributed by atoms with van der Waals surface area (Å²) in [6.07, 6.45) is 0. The third-order valence-electron chi connectivity index (χ3n) is 3.90. The molecule has 1 aliphatic rings. The molecule has 0 radical (unpaired) electrons. The van der Waals surface area contributed by atoms with Crippen molar-refractivity contribution in [3.05, 3.63) is 77.5 Å². The molecular weight excluding hydrogens is 389 g/mol. The van der Waals surface area contributed by atoms with E-state index in [4.69, 9.17) is 13.0 Å². The Kier molecular flexibility index (Phi) is 9.64. The van der Waals surface area contributed by atoms with Gasteiger partial charge in [-0.3, -0.25) is 14.6 Å². The first-order valence-corrected chi connectivity index (χ1v) is 9.33. The number of Topliss-reactive ketones (excluding diaryl/α,β-unsaturated/α-hetero) is 2. The minimum absolute atomic E-state index is 0. The fraction of sp³-hybridized carbons (Fsp3) is 0.150. The molecule has 0 atom stereocenters. The van der Waals surface area contributed by atoms with Crippen molar-refractivity contribution in [3.8, 4) is 0 Å². The number of pyridine rings is 1. The fourth-order valence-corrected chi connectivity index (χ4v) is 2.85. The molecule has 0 amide bonds. The van der Waals surface area contributed by atoms with Crippen molar-refractivity contribution < 1.29 is 52.1 Å². The van der Waals surface area contributed by atoms with E-state index in [9.17, 15) is 9.59 Å². The third kappa shape index (κ3) is 5.33. The van der Waals surface area contributed by atoms with Gasteiger partial charge in [-0.15, -0.1) is 0 Å². The Balaban J connectivity index is 0.000000503. The van der Waals surface area contributed by atoms with Crippen LogP contribution in [0.1, 0.15) is 46.2 Å². The Bertz CT molecular complexity index is 1020. The second-order valence-electron chi connectivity index (χ2n) is 5.35. The van der Waals surface area contributed by atoms with E-state index >= 15 is 0 Å². The van der Waals surface area contributed by atoms with Crippen LogP contribution >= 0.6 is 0 Å². The van der Waals surface area contributed by atoms with Gasteiger partial charge in [0.05, 0.1) is 11.2 Å². The summed E-state index contributed by atoms with van der Waals surface area (Å²) in [6, 6.07) is 18.3. The summed E-state index contributed by atoms with van der Waals surface area (Å²) in [7, 11) is -2.86. The van der Waals surface area contributed by atoms with Crippen LogP contribution in [-0.2, 0) is 19.4 Å². The molecule has 0 saturated carbocycles. The zero-order valence-electron chi connectivity index (χ0n) is 15.8. The van der Waals surface area contributed by atoms with Crippen molar-refractivity contribution in [2.24, 2.45) is 0 Å². The third-order valence-corrected chi connectivity index (χ3v) is 3.90. The number of rotatable bonds is 1. The summed E-state index contributed by atoms with van der Waals surface area (Å²) in [5.41, 5.74) is 2.33. The number of nitrogens with zero attached hydrogens (tertiary/aromatic N) is 1. The molecule has 0 bridgehead atoms. The van der Waals surface area contributed by atoms with E-state index in [1.54, 1.807) is 30.3 Å². The van der Waals surface area contributed by atoms with Gasteiger partial charge in [0.25, 0.3) is 0 Å². The quantitative estimate of drug-likeness (QED) is 0.214. The van der Waals surface area contributed by atoms with Crippen LogP contribution in [0.25, 0.3) is 10.9 Å². The maximum Gasteiger partial charge on any atom is 1.00 e. The Morgan fingerprint density at radius 1 is 0.821 bits per heavy atom. The molecule has 1 aliphatic carbocycles. The van der Waals surface area contributed by atoms with Crippen molar-refractivity contribution in [2.75, 3.05) is 0 Å². The fourth-order valence-electron chi connectivity index (χ4n) is 2.85. The van der Waals surface area contributed by atoms with Gasteiger partial charge in [-0.05, 0) is 12.1 Å².